The topological polar surface area (TPSA) is 83.6 Å². The van der Waals surface area contributed by atoms with Crippen molar-refractivity contribution in [3.8, 4) is 11.5 Å². The molecule has 3 rings (SSSR count). The molecule has 160 valence electrons. The minimum Gasteiger partial charge on any atom is -0.493 e. The van der Waals surface area contributed by atoms with Crippen LogP contribution in [0.25, 0.3) is 11.0 Å². The predicted molar refractivity (Wildman–Crippen MR) is 122 cm³/mol. The van der Waals surface area contributed by atoms with Crippen LogP contribution in [0.4, 0.5) is 0 Å². The first kappa shape index (κ1) is 21.5. The fourth-order valence-electron chi connectivity index (χ4n) is 3.29. The average molecular weight is 410 g/mol. The van der Waals surface area contributed by atoms with Gasteiger partial charge in [-0.3, -0.25) is 4.99 Å². The van der Waals surface area contributed by atoms with E-state index in [4.69, 9.17) is 9.47 Å². The van der Waals surface area contributed by atoms with Crippen molar-refractivity contribution in [2.75, 3.05) is 33.9 Å². The van der Waals surface area contributed by atoms with Gasteiger partial charge in [0.05, 0.1) is 24.8 Å². The van der Waals surface area contributed by atoms with Crippen molar-refractivity contribution in [1.82, 2.24) is 20.6 Å². The van der Waals surface area contributed by atoms with Crippen LogP contribution in [-0.4, -0.2) is 49.8 Å². The largest absolute Gasteiger partial charge is 0.493 e. The van der Waals surface area contributed by atoms with Gasteiger partial charge in [0.25, 0.3) is 0 Å². The number of methoxy groups -OCH3 is 1. The summed E-state index contributed by atoms with van der Waals surface area (Å²) >= 11 is 0. The molecule has 0 aliphatic carbocycles. The normalized spacial score (nSPS) is 11.5. The van der Waals surface area contributed by atoms with Gasteiger partial charge < -0.3 is 25.1 Å². The first-order valence-electron chi connectivity index (χ1n) is 10.4. The summed E-state index contributed by atoms with van der Waals surface area (Å²) in [7, 11) is 3.45. The lowest BCUT2D eigenvalue weighted by molar-refractivity contribution is 0.310. The Morgan fingerprint density at radius 3 is 2.67 bits per heavy atom. The molecule has 0 amide bonds. The number of aromatic nitrogens is 2. The molecular formula is C23H31N5O2. The quantitative estimate of drug-likeness (QED) is 0.272. The number of guanidine groups is 1. The van der Waals surface area contributed by atoms with E-state index in [1.165, 1.54) is 5.56 Å². The molecule has 0 fully saturated rings. The Morgan fingerprint density at radius 1 is 1.07 bits per heavy atom. The van der Waals surface area contributed by atoms with Crippen LogP contribution in [0.5, 0.6) is 11.5 Å². The number of benzene rings is 2. The van der Waals surface area contributed by atoms with Gasteiger partial charge in [0.1, 0.15) is 5.82 Å². The fraction of sp³-hybridized carbons (Fsp3) is 0.391. The lowest BCUT2D eigenvalue weighted by Gasteiger charge is -2.13. The molecule has 3 N–H and O–H groups in total. The molecule has 0 unspecified atom stereocenters. The maximum atomic E-state index is 5.65. The summed E-state index contributed by atoms with van der Waals surface area (Å²) in [5.74, 6) is 3.35. The maximum absolute atomic E-state index is 5.65. The summed E-state index contributed by atoms with van der Waals surface area (Å²) in [6, 6.07) is 14.2. The van der Waals surface area contributed by atoms with Gasteiger partial charge in [-0.1, -0.05) is 18.2 Å². The number of imidazole rings is 1. The third-order valence-corrected chi connectivity index (χ3v) is 4.78. The molecule has 1 aromatic heterocycles. The SMILES string of the molecule is CCOc1cc(CCCNC(=NC)NCCc2nc3ccccc3[nH]2)ccc1OC. The number of ether oxygens (including phenoxy) is 2. The Labute approximate surface area is 177 Å². The van der Waals surface area contributed by atoms with Gasteiger partial charge in [0.15, 0.2) is 17.5 Å². The molecule has 30 heavy (non-hydrogen) atoms. The Balaban J connectivity index is 1.39. The van der Waals surface area contributed by atoms with Crippen LogP contribution in [0.2, 0.25) is 0 Å². The van der Waals surface area contributed by atoms with E-state index in [0.29, 0.717) is 6.61 Å². The summed E-state index contributed by atoms with van der Waals surface area (Å²) < 4.78 is 11.0. The summed E-state index contributed by atoms with van der Waals surface area (Å²) in [6.45, 7) is 4.19. The molecule has 0 spiro atoms. The standard InChI is InChI=1S/C23H31N5O2/c1-4-30-21-16-17(11-12-20(21)29-3)8-7-14-25-23(24-2)26-15-13-22-27-18-9-5-6-10-19(18)28-22/h5-6,9-12,16H,4,7-8,13-15H2,1-3H3,(H,27,28)(H2,24,25,26). The Hall–Kier alpha value is -3.22. The van der Waals surface area contributed by atoms with Crippen molar-refractivity contribution in [3.63, 3.8) is 0 Å². The van der Waals surface area contributed by atoms with Crippen LogP contribution < -0.4 is 20.1 Å². The second-order valence-corrected chi connectivity index (χ2v) is 6.90. The van der Waals surface area contributed by atoms with E-state index in [2.05, 4.69) is 37.7 Å². The van der Waals surface area contributed by atoms with Crippen molar-refractivity contribution < 1.29 is 9.47 Å². The summed E-state index contributed by atoms with van der Waals surface area (Å²) in [4.78, 5) is 12.2. The van der Waals surface area contributed by atoms with Crippen molar-refractivity contribution in [1.29, 1.82) is 0 Å². The highest BCUT2D eigenvalue weighted by atomic mass is 16.5. The van der Waals surface area contributed by atoms with Crippen LogP contribution in [0.15, 0.2) is 47.5 Å². The van der Waals surface area contributed by atoms with E-state index >= 15 is 0 Å². The van der Waals surface area contributed by atoms with E-state index in [0.717, 1.165) is 66.7 Å². The number of H-pyrrole nitrogens is 1. The van der Waals surface area contributed by atoms with Crippen molar-refractivity contribution in [2.24, 2.45) is 4.99 Å². The number of nitrogens with zero attached hydrogens (tertiary/aromatic N) is 2. The third-order valence-electron chi connectivity index (χ3n) is 4.78. The number of nitrogens with one attached hydrogen (secondary N) is 3. The number of fused-ring (bicyclic) bond motifs is 1. The number of hydrogen-bond acceptors (Lipinski definition) is 4. The van der Waals surface area contributed by atoms with Crippen LogP contribution in [0, 0.1) is 0 Å². The average Bonchev–Trinajstić information content (AvgIpc) is 3.18. The van der Waals surface area contributed by atoms with E-state index < -0.39 is 0 Å². The molecular weight excluding hydrogens is 378 g/mol. The molecule has 0 bridgehead atoms. The van der Waals surface area contributed by atoms with Gasteiger partial charge in [0, 0.05) is 26.6 Å². The molecule has 3 aromatic rings. The highest BCUT2D eigenvalue weighted by Gasteiger charge is 2.06. The second kappa shape index (κ2) is 11.1. The molecule has 0 atom stereocenters. The van der Waals surface area contributed by atoms with Crippen LogP contribution >= 0.6 is 0 Å². The first-order chi connectivity index (χ1) is 14.7. The Morgan fingerprint density at radius 2 is 1.90 bits per heavy atom. The van der Waals surface area contributed by atoms with E-state index in [9.17, 15) is 0 Å². The van der Waals surface area contributed by atoms with Crippen molar-refractivity contribution in [3.05, 3.63) is 53.9 Å². The molecule has 0 aliphatic rings. The molecule has 7 heteroatoms. The van der Waals surface area contributed by atoms with Gasteiger partial charge in [-0.05, 0) is 49.6 Å². The molecule has 0 saturated carbocycles. The van der Waals surface area contributed by atoms with Crippen molar-refractivity contribution in [2.45, 2.75) is 26.2 Å². The van der Waals surface area contributed by atoms with Gasteiger partial charge in [-0.2, -0.15) is 0 Å². The smallest absolute Gasteiger partial charge is 0.190 e. The van der Waals surface area contributed by atoms with Gasteiger partial charge in [-0.15, -0.1) is 0 Å². The van der Waals surface area contributed by atoms with E-state index in [-0.39, 0.29) is 0 Å². The summed E-state index contributed by atoms with van der Waals surface area (Å²) in [5, 5.41) is 6.71. The van der Waals surface area contributed by atoms with Crippen LogP contribution in [0.1, 0.15) is 24.7 Å². The van der Waals surface area contributed by atoms with Crippen LogP contribution in [0.3, 0.4) is 0 Å². The van der Waals surface area contributed by atoms with Gasteiger partial charge in [-0.25, -0.2) is 4.98 Å². The zero-order chi connectivity index (χ0) is 21.2. The first-order valence-corrected chi connectivity index (χ1v) is 10.4. The number of hydrogen-bond donors (Lipinski definition) is 3. The monoisotopic (exact) mass is 409 g/mol. The molecule has 2 aromatic carbocycles. The molecule has 0 radical (unpaired) electrons. The number of aliphatic imine (C=N–C) groups is 1. The fourth-order valence-corrected chi connectivity index (χ4v) is 3.29. The zero-order valence-corrected chi connectivity index (χ0v) is 18.0. The predicted octanol–water partition coefficient (Wildman–Crippen LogP) is 3.31. The van der Waals surface area contributed by atoms with E-state index in [1.54, 1.807) is 14.2 Å². The lowest BCUT2D eigenvalue weighted by Crippen LogP contribution is -2.38. The number of para-hydroxylation sites is 2. The van der Waals surface area contributed by atoms with Gasteiger partial charge in [0.2, 0.25) is 0 Å². The second-order valence-electron chi connectivity index (χ2n) is 6.90. The highest BCUT2D eigenvalue weighted by Crippen LogP contribution is 2.28. The Kier molecular flexibility index (Phi) is 7.94. The van der Waals surface area contributed by atoms with E-state index in [1.807, 2.05) is 37.3 Å². The third kappa shape index (κ3) is 5.89. The Bertz CT molecular complexity index is 934. The number of aryl methyl sites for hydroxylation is 1. The van der Waals surface area contributed by atoms with Gasteiger partial charge >= 0.3 is 0 Å². The number of aromatic amines is 1. The summed E-state index contributed by atoms with van der Waals surface area (Å²) in [5.41, 5.74) is 3.30. The highest BCUT2D eigenvalue weighted by molar-refractivity contribution is 5.79. The minimum absolute atomic E-state index is 0.622. The number of rotatable bonds is 10. The van der Waals surface area contributed by atoms with Crippen molar-refractivity contribution >= 4 is 17.0 Å². The molecule has 0 saturated heterocycles. The summed E-state index contributed by atoms with van der Waals surface area (Å²) in [6.07, 6.45) is 2.75. The zero-order valence-electron chi connectivity index (χ0n) is 18.0. The molecule has 0 aliphatic heterocycles. The lowest BCUT2D eigenvalue weighted by atomic mass is 10.1. The minimum atomic E-state index is 0.622. The molecule has 7 nitrogen and oxygen atoms in total. The van der Waals surface area contributed by atoms with Crippen LogP contribution in [-0.2, 0) is 12.8 Å². The maximum Gasteiger partial charge on any atom is 0.190 e. The molecule has 1 heterocycles.